The Morgan fingerprint density at radius 3 is 2.46 bits per heavy atom. The zero-order valence-electron chi connectivity index (χ0n) is 17.4. The van der Waals surface area contributed by atoms with Crippen LogP contribution < -0.4 is 5.32 Å². The summed E-state index contributed by atoms with van der Waals surface area (Å²) in [5.74, 6) is 1.76. The van der Waals surface area contributed by atoms with Crippen LogP contribution in [-0.2, 0) is 7.05 Å². The zero-order chi connectivity index (χ0) is 19.1. The molecule has 26 heavy (non-hydrogen) atoms. The predicted octanol–water partition coefficient (Wildman–Crippen LogP) is 1.26. The molecule has 0 amide bonds. The number of piperazine rings is 1. The minimum absolute atomic E-state index is 0.236. The molecule has 1 fully saturated rings. The largest absolute Gasteiger partial charge is 0.357 e. The molecule has 7 nitrogen and oxygen atoms in total. The first kappa shape index (κ1) is 20.7. The highest BCUT2D eigenvalue weighted by atomic mass is 15.3. The van der Waals surface area contributed by atoms with Gasteiger partial charge in [-0.2, -0.15) is 5.10 Å². The van der Waals surface area contributed by atoms with Crippen LogP contribution in [0.5, 0.6) is 0 Å². The molecular formula is C19H37N7. The van der Waals surface area contributed by atoms with E-state index in [0.29, 0.717) is 0 Å². The van der Waals surface area contributed by atoms with Gasteiger partial charge in [-0.1, -0.05) is 13.8 Å². The van der Waals surface area contributed by atoms with Crippen LogP contribution >= 0.6 is 0 Å². The minimum atomic E-state index is 0.236. The third-order valence-electron chi connectivity index (χ3n) is 4.78. The van der Waals surface area contributed by atoms with Gasteiger partial charge in [0, 0.05) is 58.1 Å². The molecule has 0 saturated carbocycles. The molecule has 1 aromatic heterocycles. The average Bonchev–Trinajstić information content (AvgIpc) is 3.00. The summed E-state index contributed by atoms with van der Waals surface area (Å²) >= 11 is 0. The van der Waals surface area contributed by atoms with E-state index < -0.39 is 0 Å². The maximum absolute atomic E-state index is 4.96. The van der Waals surface area contributed by atoms with Crippen molar-refractivity contribution in [1.29, 1.82) is 0 Å². The SMILES string of the molecule is CCNC(=NCC(c1cnn(C)c1)N(C)C)N1CCN(CC(C)C)CC1. The smallest absolute Gasteiger partial charge is 0.194 e. The number of likely N-dealkylation sites (N-methyl/N-ethyl adjacent to an activating group) is 1. The van der Waals surface area contributed by atoms with Crippen molar-refractivity contribution >= 4 is 5.96 Å². The molecule has 1 unspecified atom stereocenters. The van der Waals surface area contributed by atoms with E-state index >= 15 is 0 Å². The third kappa shape index (κ3) is 5.99. The summed E-state index contributed by atoms with van der Waals surface area (Å²) in [6, 6.07) is 0.236. The van der Waals surface area contributed by atoms with Gasteiger partial charge < -0.3 is 15.1 Å². The number of guanidine groups is 1. The lowest BCUT2D eigenvalue weighted by Crippen LogP contribution is -2.53. The minimum Gasteiger partial charge on any atom is -0.357 e. The van der Waals surface area contributed by atoms with E-state index in [1.165, 1.54) is 12.1 Å². The van der Waals surface area contributed by atoms with Crippen LogP contribution in [0.1, 0.15) is 32.4 Å². The first-order valence-electron chi connectivity index (χ1n) is 9.81. The number of aryl methyl sites for hydroxylation is 1. The predicted molar refractivity (Wildman–Crippen MR) is 108 cm³/mol. The van der Waals surface area contributed by atoms with Crippen molar-refractivity contribution < 1.29 is 0 Å². The van der Waals surface area contributed by atoms with Crippen LogP contribution in [-0.4, -0.2) is 90.3 Å². The van der Waals surface area contributed by atoms with Crippen molar-refractivity contribution in [1.82, 2.24) is 29.8 Å². The fourth-order valence-electron chi connectivity index (χ4n) is 3.44. The van der Waals surface area contributed by atoms with Crippen molar-refractivity contribution in [2.75, 3.05) is 59.9 Å². The summed E-state index contributed by atoms with van der Waals surface area (Å²) in [7, 11) is 6.16. The number of hydrogen-bond acceptors (Lipinski definition) is 4. The van der Waals surface area contributed by atoms with E-state index in [-0.39, 0.29) is 6.04 Å². The Morgan fingerprint density at radius 1 is 1.27 bits per heavy atom. The second-order valence-electron chi connectivity index (χ2n) is 7.80. The maximum Gasteiger partial charge on any atom is 0.194 e. The molecule has 0 spiro atoms. The van der Waals surface area contributed by atoms with Crippen molar-refractivity contribution in [2.24, 2.45) is 18.0 Å². The molecule has 1 aliphatic heterocycles. The molecule has 1 saturated heterocycles. The van der Waals surface area contributed by atoms with Crippen LogP contribution in [0.2, 0.25) is 0 Å². The highest BCUT2D eigenvalue weighted by molar-refractivity contribution is 5.80. The van der Waals surface area contributed by atoms with E-state index in [9.17, 15) is 0 Å². The molecule has 1 aliphatic rings. The first-order valence-corrected chi connectivity index (χ1v) is 9.81. The Labute approximate surface area is 159 Å². The fourth-order valence-corrected chi connectivity index (χ4v) is 3.44. The Bertz CT molecular complexity index is 556. The lowest BCUT2D eigenvalue weighted by Gasteiger charge is -2.37. The van der Waals surface area contributed by atoms with Gasteiger partial charge in [-0.15, -0.1) is 0 Å². The monoisotopic (exact) mass is 363 g/mol. The molecule has 148 valence electrons. The molecule has 2 heterocycles. The van der Waals surface area contributed by atoms with Crippen molar-refractivity contribution in [2.45, 2.75) is 26.8 Å². The molecular weight excluding hydrogens is 326 g/mol. The molecule has 0 radical (unpaired) electrons. The van der Waals surface area contributed by atoms with Gasteiger partial charge in [0.1, 0.15) is 0 Å². The zero-order valence-corrected chi connectivity index (χ0v) is 17.4. The highest BCUT2D eigenvalue weighted by Crippen LogP contribution is 2.18. The number of rotatable bonds is 7. The van der Waals surface area contributed by atoms with Crippen LogP contribution in [0.3, 0.4) is 0 Å². The van der Waals surface area contributed by atoms with Crippen LogP contribution in [0.25, 0.3) is 0 Å². The van der Waals surface area contributed by atoms with Gasteiger partial charge in [0.15, 0.2) is 5.96 Å². The van der Waals surface area contributed by atoms with Crippen molar-refractivity contribution in [3.8, 4) is 0 Å². The lowest BCUT2D eigenvalue weighted by atomic mass is 10.1. The molecule has 2 rings (SSSR count). The van der Waals surface area contributed by atoms with E-state index in [1.807, 2.05) is 17.9 Å². The summed E-state index contributed by atoms with van der Waals surface area (Å²) in [5, 5.41) is 7.79. The molecule has 7 heteroatoms. The van der Waals surface area contributed by atoms with E-state index in [2.05, 4.69) is 66.2 Å². The standard InChI is InChI=1S/C19H37N7/c1-7-20-19(26-10-8-25(9-11-26)14-16(2)3)21-13-18(23(4)5)17-12-22-24(6)15-17/h12,15-16,18H,7-11,13-14H2,1-6H3,(H,20,21). The van der Waals surface area contributed by atoms with E-state index in [4.69, 9.17) is 4.99 Å². The average molecular weight is 364 g/mol. The van der Waals surface area contributed by atoms with Crippen molar-refractivity contribution in [3.63, 3.8) is 0 Å². The molecule has 0 bridgehead atoms. The topological polar surface area (TPSA) is 51.9 Å². The molecule has 0 aromatic carbocycles. The lowest BCUT2D eigenvalue weighted by molar-refractivity contribution is 0.163. The van der Waals surface area contributed by atoms with E-state index in [0.717, 1.165) is 51.1 Å². The summed E-state index contributed by atoms with van der Waals surface area (Å²) in [5.41, 5.74) is 1.21. The number of nitrogens with zero attached hydrogens (tertiary/aromatic N) is 6. The van der Waals surface area contributed by atoms with Crippen LogP contribution in [0, 0.1) is 5.92 Å². The van der Waals surface area contributed by atoms with Gasteiger partial charge in [0.2, 0.25) is 0 Å². The second-order valence-corrected chi connectivity index (χ2v) is 7.80. The Balaban J connectivity index is 2.01. The number of aromatic nitrogens is 2. The molecule has 1 aromatic rings. The number of hydrogen-bond donors (Lipinski definition) is 1. The third-order valence-corrected chi connectivity index (χ3v) is 4.78. The molecule has 1 N–H and O–H groups in total. The van der Waals surface area contributed by atoms with Gasteiger partial charge in [-0.3, -0.25) is 14.6 Å². The van der Waals surface area contributed by atoms with Gasteiger partial charge in [0.05, 0.1) is 18.8 Å². The van der Waals surface area contributed by atoms with Crippen LogP contribution in [0.4, 0.5) is 0 Å². The Morgan fingerprint density at radius 2 is 1.96 bits per heavy atom. The fraction of sp³-hybridized carbons (Fsp3) is 0.789. The maximum atomic E-state index is 4.96. The first-order chi connectivity index (χ1) is 12.4. The van der Waals surface area contributed by atoms with E-state index in [1.54, 1.807) is 0 Å². The van der Waals surface area contributed by atoms with Gasteiger partial charge >= 0.3 is 0 Å². The normalized spacial score (nSPS) is 18.0. The van der Waals surface area contributed by atoms with Gasteiger partial charge in [-0.05, 0) is 26.9 Å². The second kappa shape index (κ2) is 9.92. The number of nitrogens with one attached hydrogen (secondary N) is 1. The summed E-state index contributed by atoms with van der Waals surface area (Å²) in [6.45, 7) is 13.8. The quantitative estimate of drug-likeness (QED) is 0.584. The van der Waals surface area contributed by atoms with Crippen molar-refractivity contribution in [3.05, 3.63) is 18.0 Å². The Kier molecular flexibility index (Phi) is 7.90. The van der Waals surface area contributed by atoms with Crippen LogP contribution in [0.15, 0.2) is 17.4 Å². The van der Waals surface area contributed by atoms with Gasteiger partial charge in [0.25, 0.3) is 0 Å². The Hall–Kier alpha value is -1.60. The summed E-state index contributed by atoms with van der Waals surface area (Å²) in [6.07, 6.45) is 4.02. The molecule has 1 atom stereocenters. The number of aliphatic imine (C=N–C) groups is 1. The highest BCUT2D eigenvalue weighted by Gasteiger charge is 2.21. The van der Waals surface area contributed by atoms with Gasteiger partial charge in [-0.25, -0.2) is 0 Å². The molecule has 0 aliphatic carbocycles. The summed E-state index contributed by atoms with van der Waals surface area (Å²) < 4.78 is 1.86. The summed E-state index contributed by atoms with van der Waals surface area (Å²) in [4.78, 5) is 12.1.